The fraction of sp³-hybridized carbons (Fsp3) is 0.786. The molecule has 0 aromatic carbocycles. The molecule has 2 aliphatic heterocycles. The summed E-state index contributed by atoms with van der Waals surface area (Å²) in [6.07, 6.45) is 0.353. The molecule has 0 radical (unpaired) electrons. The lowest BCUT2D eigenvalue weighted by Gasteiger charge is -2.30. The molecule has 0 saturated carbocycles. The first-order chi connectivity index (χ1) is 10.5. The summed E-state index contributed by atoms with van der Waals surface area (Å²) in [5.41, 5.74) is -1.03. The molecule has 3 amide bonds. The number of carbonyl (C=O) groups is 3. The SMILES string of the molecule is CCOC(=O)CCC1(C)NC(=O)N(CN2CCNCC2)C1=O. The third-order valence-electron chi connectivity index (χ3n) is 4.03. The van der Waals surface area contributed by atoms with Crippen molar-refractivity contribution in [2.75, 3.05) is 39.5 Å². The number of imide groups is 1. The second-order valence-electron chi connectivity index (χ2n) is 5.81. The van der Waals surface area contributed by atoms with Crippen LogP contribution in [-0.2, 0) is 14.3 Å². The van der Waals surface area contributed by atoms with E-state index in [0.29, 0.717) is 13.3 Å². The number of hydrogen-bond acceptors (Lipinski definition) is 6. The predicted octanol–water partition coefficient (Wildman–Crippen LogP) is -0.497. The van der Waals surface area contributed by atoms with Gasteiger partial charge < -0.3 is 15.4 Å². The number of ether oxygens (including phenoxy) is 1. The van der Waals surface area contributed by atoms with Gasteiger partial charge in [0, 0.05) is 32.6 Å². The Kier molecular flexibility index (Phi) is 5.36. The number of carbonyl (C=O) groups excluding carboxylic acids is 3. The third kappa shape index (κ3) is 3.75. The highest BCUT2D eigenvalue weighted by molar-refractivity contribution is 6.06. The summed E-state index contributed by atoms with van der Waals surface area (Å²) in [7, 11) is 0. The average Bonchev–Trinajstić information content (AvgIpc) is 2.71. The summed E-state index contributed by atoms with van der Waals surface area (Å²) >= 11 is 0. The maximum absolute atomic E-state index is 12.5. The van der Waals surface area contributed by atoms with E-state index in [9.17, 15) is 14.4 Å². The van der Waals surface area contributed by atoms with E-state index in [-0.39, 0.29) is 24.7 Å². The summed E-state index contributed by atoms with van der Waals surface area (Å²) in [4.78, 5) is 39.4. The van der Waals surface area contributed by atoms with E-state index < -0.39 is 11.6 Å². The van der Waals surface area contributed by atoms with Gasteiger partial charge in [0.15, 0.2) is 0 Å². The molecule has 2 heterocycles. The Morgan fingerprint density at radius 3 is 2.64 bits per heavy atom. The average molecular weight is 312 g/mol. The molecule has 2 fully saturated rings. The van der Waals surface area contributed by atoms with Crippen LogP contribution in [0.25, 0.3) is 0 Å². The van der Waals surface area contributed by atoms with Gasteiger partial charge in [-0.05, 0) is 20.3 Å². The van der Waals surface area contributed by atoms with Gasteiger partial charge in [-0.2, -0.15) is 0 Å². The quantitative estimate of drug-likeness (QED) is 0.508. The van der Waals surface area contributed by atoms with Crippen molar-refractivity contribution in [2.24, 2.45) is 0 Å². The van der Waals surface area contributed by atoms with Gasteiger partial charge in [0.1, 0.15) is 5.54 Å². The summed E-state index contributed by atoms with van der Waals surface area (Å²) < 4.78 is 4.87. The minimum absolute atomic E-state index is 0.109. The van der Waals surface area contributed by atoms with Crippen LogP contribution in [-0.4, -0.2) is 72.7 Å². The van der Waals surface area contributed by atoms with Crippen LogP contribution >= 0.6 is 0 Å². The number of urea groups is 1. The van der Waals surface area contributed by atoms with Crippen molar-refractivity contribution in [3.63, 3.8) is 0 Å². The van der Waals surface area contributed by atoms with Crippen LogP contribution in [0.4, 0.5) is 4.79 Å². The monoisotopic (exact) mass is 312 g/mol. The molecule has 0 aromatic rings. The Hall–Kier alpha value is -1.67. The molecule has 0 spiro atoms. The Bertz CT molecular complexity index is 450. The van der Waals surface area contributed by atoms with E-state index in [1.165, 1.54) is 4.90 Å². The summed E-state index contributed by atoms with van der Waals surface area (Å²) in [5, 5.41) is 5.93. The number of esters is 1. The normalized spacial score (nSPS) is 26.2. The highest BCUT2D eigenvalue weighted by Gasteiger charge is 2.48. The van der Waals surface area contributed by atoms with Gasteiger partial charge in [-0.3, -0.25) is 14.5 Å². The van der Waals surface area contributed by atoms with E-state index in [1.807, 2.05) is 0 Å². The van der Waals surface area contributed by atoms with E-state index >= 15 is 0 Å². The van der Waals surface area contributed by atoms with Crippen LogP contribution in [0.2, 0.25) is 0 Å². The number of hydrogen-bond donors (Lipinski definition) is 2. The van der Waals surface area contributed by atoms with Crippen LogP contribution in [0.3, 0.4) is 0 Å². The Morgan fingerprint density at radius 1 is 1.32 bits per heavy atom. The van der Waals surface area contributed by atoms with Crippen molar-refractivity contribution in [1.29, 1.82) is 0 Å². The summed E-state index contributed by atoms with van der Waals surface area (Å²) in [6, 6.07) is -0.394. The zero-order valence-corrected chi connectivity index (χ0v) is 13.2. The second-order valence-corrected chi connectivity index (χ2v) is 5.81. The van der Waals surface area contributed by atoms with Crippen molar-refractivity contribution in [1.82, 2.24) is 20.4 Å². The van der Waals surface area contributed by atoms with E-state index in [1.54, 1.807) is 13.8 Å². The first-order valence-corrected chi connectivity index (χ1v) is 7.69. The van der Waals surface area contributed by atoms with Crippen molar-refractivity contribution >= 4 is 17.9 Å². The molecule has 0 aromatic heterocycles. The van der Waals surface area contributed by atoms with Crippen LogP contribution in [0.1, 0.15) is 26.7 Å². The van der Waals surface area contributed by atoms with E-state index in [0.717, 1.165) is 26.2 Å². The molecule has 0 aliphatic carbocycles. The van der Waals surface area contributed by atoms with Crippen molar-refractivity contribution in [3.05, 3.63) is 0 Å². The van der Waals surface area contributed by atoms with Gasteiger partial charge in [0.05, 0.1) is 13.3 Å². The lowest BCUT2D eigenvalue weighted by atomic mass is 9.96. The Labute approximate surface area is 130 Å². The first kappa shape index (κ1) is 16.7. The largest absolute Gasteiger partial charge is 0.466 e. The van der Waals surface area contributed by atoms with Crippen molar-refractivity contribution in [2.45, 2.75) is 32.2 Å². The Balaban J connectivity index is 1.93. The minimum Gasteiger partial charge on any atom is -0.466 e. The van der Waals surface area contributed by atoms with Crippen molar-refractivity contribution in [3.8, 4) is 0 Å². The lowest BCUT2D eigenvalue weighted by Crippen LogP contribution is -2.50. The maximum Gasteiger partial charge on any atom is 0.326 e. The van der Waals surface area contributed by atoms with Crippen LogP contribution in [0, 0.1) is 0 Å². The lowest BCUT2D eigenvalue weighted by molar-refractivity contribution is -0.143. The molecular weight excluding hydrogens is 288 g/mol. The van der Waals surface area contributed by atoms with Gasteiger partial charge in [0.2, 0.25) is 0 Å². The molecule has 2 N–H and O–H groups in total. The molecule has 1 atom stereocenters. The minimum atomic E-state index is -1.03. The zero-order chi connectivity index (χ0) is 16.2. The molecular formula is C14H24N4O4. The van der Waals surface area contributed by atoms with Crippen LogP contribution in [0.15, 0.2) is 0 Å². The van der Waals surface area contributed by atoms with E-state index in [4.69, 9.17) is 4.74 Å². The molecule has 2 saturated heterocycles. The standard InChI is InChI=1S/C14H24N4O4/c1-3-22-11(19)4-5-14(2)12(20)18(13(21)16-14)10-17-8-6-15-7-9-17/h15H,3-10H2,1-2H3,(H,16,21). The van der Waals surface area contributed by atoms with Gasteiger partial charge in [-0.15, -0.1) is 0 Å². The molecule has 1 unspecified atom stereocenters. The van der Waals surface area contributed by atoms with Gasteiger partial charge in [-0.25, -0.2) is 9.69 Å². The maximum atomic E-state index is 12.5. The number of nitrogens with one attached hydrogen (secondary N) is 2. The molecule has 124 valence electrons. The fourth-order valence-corrected chi connectivity index (χ4v) is 2.68. The van der Waals surface area contributed by atoms with E-state index in [2.05, 4.69) is 15.5 Å². The molecule has 2 aliphatic rings. The highest BCUT2D eigenvalue weighted by atomic mass is 16.5. The molecule has 22 heavy (non-hydrogen) atoms. The third-order valence-corrected chi connectivity index (χ3v) is 4.03. The van der Waals surface area contributed by atoms with Gasteiger partial charge >= 0.3 is 12.0 Å². The number of amides is 3. The predicted molar refractivity (Wildman–Crippen MR) is 79.0 cm³/mol. The van der Waals surface area contributed by atoms with Crippen molar-refractivity contribution < 1.29 is 19.1 Å². The van der Waals surface area contributed by atoms with Gasteiger partial charge in [0.25, 0.3) is 5.91 Å². The number of piperazine rings is 1. The topological polar surface area (TPSA) is 91.0 Å². The second kappa shape index (κ2) is 7.06. The first-order valence-electron chi connectivity index (χ1n) is 7.69. The van der Waals surface area contributed by atoms with Crippen LogP contribution < -0.4 is 10.6 Å². The summed E-state index contributed by atoms with van der Waals surface area (Å²) in [5.74, 6) is -0.633. The smallest absolute Gasteiger partial charge is 0.326 e. The summed E-state index contributed by atoms with van der Waals surface area (Å²) in [6.45, 7) is 7.30. The zero-order valence-electron chi connectivity index (χ0n) is 13.2. The Morgan fingerprint density at radius 2 is 2.00 bits per heavy atom. The molecule has 2 rings (SSSR count). The molecule has 8 nitrogen and oxygen atoms in total. The highest BCUT2D eigenvalue weighted by Crippen LogP contribution is 2.23. The molecule has 0 bridgehead atoms. The van der Waals surface area contributed by atoms with Gasteiger partial charge in [-0.1, -0.05) is 0 Å². The fourth-order valence-electron chi connectivity index (χ4n) is 2.68. The number of rotatable bonds is 6. The number of nitrogens with zero attached hydrogens (tertiary/aromatic N) is 2. The molecule has 8 heteroatoms. The van der Waals surface area contributed by atoms with Crippen LogP contribution in [0.5, 0.6) is 0 Å².